The predicted octanol–water partition coefficient (Wildman–Crippen LogP) is 3.45. The second-order valence-electron chi connectivity index (χ2n) is 27.0. The van der Waals surface area contributed by atoms with Gasteiger partial charge in [-0.15, -0.1) is 0 Å². The van der Waals surface area contributed by atoms with Crippen LogP contribution in [0.15, 0.2) is 146 Å². The first-order valence-electron chi connectivity index (χ1n) is 34.5. The summed E-state index contributed by atoms with van der Waals surface area (Å²) in [6.45, 7) is -2.21. The van der Waals surface area contributed by atoms with Gasteiger partial charge in [0.25, 0.3) is 0 Å². The highest BCUT2D eigenvalue weighted by atomic mass is 32.1. The minimum Gasteiger partial charge on any atom is -0.481 e. The van der Waals surface area contributed by atoms with Crippen LogP contribution in [0.2, 0.25) is 0 Å². The van der Waals surface area contributed by atoms with Crippen molar-refractivity contribution in [2.45, 2.75) is 166 Å². The summed E-state index contributed by atoms with van der Waals surface area (Å²) in [6, 6.07) is 38.0. The molecule has 576 valence electrons. The molecule has 10 rings (SSSR count). The first-order valence-corrected chi connectivity index (χ1v) is 36.1. The van der Waals surface area contributed by atoms with Crippen LogP contribution in [-0.2, 0) is 67.1 Å². The highest BCUT2D eigenvalue weighted by molar-refractivity contribution is 7.81. The van der Waals surface area contributed by atoms with E-state index in [9.17, 15) is 105 Å². The lowest BCUT2D eigenvalue weighted by Crippen LogP contribution is -2.60. The lowest BCUT2D eigenvalue weighted by molar-refractivity contribution is -0.277. The molecular formula is C78H84O27S3. The normalized spacial score (nSPS) is 25.1. The summed E-state index contributed by atoms with van der Waals surface area (Å²) in [5.41, 5.74) is 5.63. The van der Waals surface area contributed by atoms with Crippen LogP contribution in [0, 0.1) is 0 Å². The fraction of sp³-hybridized carbons (Fsp3) is 0.385. The molecule has 3 aliphatic rings. The summed E-state index contributed by atoms with van der Waals surface area (Å²) >= 11 is 14.8. The molecule has 0 spiro atoms. The third-order valence-electron chi connectivity index (χ3n) is 18.7. The van der Waals surface area contributed by atoms with E-state index in [1.165, 1.54) is 54.6 Å². The van der Waals surface area contributed by atoms with Gasteiger partial charge < -0.3 is 105 Å². The molecule has 0 aliphatic carbocycles. The van der Waals surface area contributed by atoms with E-state index in [2.05, 4.69) is 0 Å². The highest BCUT2D eigenvalue weighted by Crippen LogP contribution is 2.40. The average molecular weight is 1550 g/mol. The van der Waals surface area contributed by atoms with Crippen LogP contribution in [0.1, 0.15) is 83.7 Å². The zero-order valence-corrected chi connectivity index (χ0v) is 60.4. The summed E-state index contributed by atoms with van der Waals surface area (Å²) in [5, 5.41) is 152. The SMILES string of the molecule is O=C(O)Cc1cccc(-c2cc(C(=O)CC(S)Cc3cc(CC(S)CC(=O)c4ccc(O[C@@H]5O[C@H](CO)[C@@H](O)[C@H](O)[C@@H]5O)c(-c5cccc(CC(=O)O)c5)c4)cc(CC(S)CC(=O)c4ccc(O[C@@H]5O[C@H](CO)[C@@H](O)[C@H](O)[C@@H]5O)c(-c5cccc(CC(=O)O)c5)c4)c3)ccc2O[C@@H]2O[C@H](CO)[C@@H](O)[C@H](O)[C@@H]2O)c1. The summed E-state index contributed by atoms with van der Waals surface area (Å²) in [6.07, 6.45) is -25.7. The van der Waals surface area contributed by atoms with Crippen LogP contribution in [0.3, 0.4) is 0 Å². The van der Waals surface area contributed by atoms with E-state index in [0.29, 0.717) is 50.1 Å². The van der Waals surface area contributed by atoms with Gasteiger partial charge in [-0.3, -0.25) is 28.8 Å². The van der Waals surface area contributed by atoms with Gasteiger partial charge in [0.2, 0.25) is 18.9 Å². The molecule has 3 fully saturated rings. The Kier molecular flexibility index (Phi) is 28.2. The molecule has 3 heterocycles. The number of aliphatic hydroxyl groups excluding tert-OH is 12. The van der Waals surface area contributed by atoms with Crippen molar-refractivity contribution in [1.29, 1.82) is 0 Å². The second kappa shape index (κ2) is 37.0. The third kappa shape index (κ3) is 20.6. The molecule has 0 bridgehead atoms. The number of thiol groups is 3. The fourth-order valence-corrected chi connectivity index (χ4v) is 14.4. The van der Waals surface area contributed by atoms with Crippen molar-refractivity contribution in [2.24, 2.45) is 0 Å². The van der Waals surface area contributed by atoms with Crippen LogP contribution in [0.5, 0.6) is 17.2 Å². The Balaban J connectivity index is 0.934. The molecule has 0 amide bonds. The number of carbonyl (C=O) groups is 6. The Bertz CT molecular complexity index is 3920. The van der Waals surface area contributed by atoms with Gasteiger partial charge in [-0.1, -0.05) is 91.0 Å². The van der Waals surface area contributed by atoms with E-state index in [4.69, 9.17) is 66.3 Å². The molecule has 3 saturated heterocycles. The van der Waals surface area contributed by atoms with Crippen molar-refractivity contribution >= 4 is 73.1 Å². The van der Waals surface area contributed by atoms with Gasteiger partial charge in [-0.25, -0.2) is 0 Å². The highest BCUT2D eigenvalue weighted by Gasteiger charge is 2.48. The quantitative estimate of drug-likeness (QED) is 0.0207. The molecule has 3 aliphatic heterocycles. The maximum absolute atomic E-state index is 14.5. The number of ether oxygens (including phenoxy) is 6. The Hall–Kier alpha value is -8.19. The van der Waals surface area contributed by atoms with Crippen molar-refractivity contribution < 1.29 is 134 Å². The summed E-state index contributed by atoms with van der Waals surface area (Å²) in [5.74, 6) is -4.47. The number of aliphatic carboxylic acids is 3. The molecule has 3 unspecified atom stereocenters. The lowest BCUT2D eigenvalue weighted by atomic mass is 9.92. The summed E-state index contributed by atoms with van der Waals surface area (Å²) < 4.78 is 35.2. The lowest BCUT2D eigenvalue weighted by Gasteiger charge is -2.39. The minimum absolute atomic E-state index is 0.0220. The van der Waals surface area contributed by atoms with Crippen molar-refractivity contribution in [2.75, 3.05) is 19.8 Å². The largest absolute Gasteiger partial charge is 0.481 e. The summed E-state index contributed by atoms with van der Waals surface area (Å²) in [4.78, 5) is 79.0. The molecule has 30 heteroatoms. The molecule has 0 saturated carbocycles. The number of ketones is 3. The van der Waals surface area contributed by atoms with Crippen LogP contribution in [0.25, 0.3) is 33.4 Å². The molecule has 0 aromatic heterocycles. The standard InChI is InChI=1S/C78H84O27S3/c79-34-61-67(91)70(94)73(97)76(103-61)100-58-13-10-46(28-52(58)43-7-1-4-37(19-43)25-64(85)86)55(82)31-49(106)22-40-16-41(23-50(107)32-56(83)47-11-14-59(101-77-74(98)71(95)68(92)62(35-80)104-77)53(29-47)44-8-2-5-38(20-44)26-65(87)88)18-42(17-40)24-51(108)33-57(84)48-12-15-60(102-78-75(99)72(96)69(93)63(36-81)105-78)54(30-48)45-9-3-6-39(21-45)27-66(89)90/h1-21,28-30,49-51,61-63,67-81,91-99,106-108H,22-27,31-36H2,(H,85,86)(H,87,88)(H,89,90)/t49?,50?,51?,61-,62-,63-,67-,68-,69-,70+,71+,72+,73+,74+,75+,76-,77-,78-/m1/s1. The average Bonchev–Trinajstić information content (AvgIpc) is 0.799. The number of hydrogen-bond donors (Lipinski definition) is 18. The van der Waals surface area contributed by atoms with Gasteiger partial charge in [0.05, 0.1) is 39.1 Å². The Morgan fingerprint density at radius 3 is 0.833 bits per heavy atom. The Morgan fingerprint density at radius 1 is 0.333 bits per heavy atom. The predicted molar refractivity (Wildman–Crippen MR) is 396 cm³/mol. The van der Waals surface area contributed by atoms with Crippen molar-refractivity contribution in [1.82, 2.24) is 0 Å². The number of Topliss-reactive ketones (excluding diaryl/α,β-unsaturated/α-hetero) is 3. The fourth-order valence-electron chi connectivity index (χ4n) is 13.3. The van der Waals surface area contributed by atoms with Crippen molar-refractivity contribution in [3.63, 3.8) is 0 Å². The molecular weight excluding hydrogens is 1470 g/mol. The zero-order chi connectivity index (χ0) is 77.9. The molecule has 108 heavy (non-hydrogen) atoms. The molecule has 7 aromatic rings. The number of carboxylic acids is 3. The van der Waals surface area contributed by atoms with E-state index in [1.807, 2.05) is 18.2 Å². The maximum atomic E-state index is 14.5. The van der Waals surface area contributed by atoms with Gasteiger partial charge in [0, 0.05) is 68.4 Å². The molecule has 15 N–H and O–H groups in total. The first-order chi connectivity index (χ1) is 51.5. The van der Waals surface area contributed by atoms with E-state index in [0.717, 1.165) is 0 Å². The third-order valence-corrected chi connectivity index (χ3v) is 19.8. The van der Waals surface area contributed by atoms with E-state index < -0.39 is 163 Å². The van der Waals surface area contributed by atoms with Crippen LogP contribution < -0.4 is 14.2 Å². The van der Waals surface area contributed by atoms with Crippen LogP contribution in [-0.4, -0.2) is 240 Å². The van der Waals surface area contributed by atoms with Gasteiger partial charge >= 0.3 is 17.9 Å². The van der Waals surface area contributed by atoms with Crippen molar-refractivity contribution in [3.05, 3.63) is 196 Å². The number of aliphatic hydroxyl groups is 12. The molecule has 0 radical (unpaired) electrons. The van der Waals surface area contributed by atoms with Gasteiger partial charge in [0.1, 0.15) is 90.5 Å². The number of carboxylic acid groups (broad SMARTS) is 3. The van der Waals surface area contributed by atoms with Gasteiger partial charge in [-0.2, -0.15) is 37.9 Å². The van der Waals surface area contributed by atoms with Gasteiger partial charge in [0.15, 0.2) is 17.3 Å². The van der Waals surface area contributed by atoms with Crippen molar-refractivity contribution in [3.8, 4) is 50.6 Å². The minimum atomic E-state index is -1.80. The summed E-state index contributed by atoms with van der Waals surface area (Å²) in [7, 11) is 0. The van der Waals surface area contributed by atoms with E-state index >= 15 is 0 Å². The topological polar surface area (TPSA) is 461 Å². The maximum Gasteiger partial charge on any atom is 0.307 e. The Labute approximate surface area is 635 Å². The Morgan fingerprint density at radius 2 is 0.593 bits per heavy atom. The second-order valence-corrected chi connectivity index (χ2v) is 29.2. The smallest absolute Gasteiger partial charge is 0.307 e. The van der Waals surface area contributed by atoms with E-state index in [-0.39, 0.29) is 108 Å². The van der Waals surface area contributed by atoms with Gasteiger partial charge in [-0.05, 0) is 124 Å². The number of rotatable bonds is 33. The monoisotopic (exact) mass is 1550 g/mol. The van der Waals surface area contributed by atoms with Crippen LogP contribution >= 0.6 is 37.9 Å². The number of carbonyl (C=O) groups excluding carboxylic acids is 3. The molecule has 18 atom stereocenters. The van der Waals surface area contributed by atoms with E-state index in [1.54, 1.807) is 72.8 Å². The molecule has 27 nitrogen and oxygen atoms in total. The first kappa shape index (κ1) is 82.3. The number of benzene rings is 7. The zero-order valence-electron chi connectivity index (χ0n) is 57.7. The molecule has 7 aromatic carbocycles. The number of hydrogen-bond acceptors (Lipinski definition) is 27. The van der Waals surface area contributed by atoms with Crippen LogP contribution in [0.4, 0.5) is 0 Å².